The molecule has 1 saturated carbocycles. The summed E-state index contributed by atoms with van der Waals surface area (Å²) in [5.41, 5.74) is 0.296. The SMILES string of the molecule is Cc1c(N2CCC(C)(CN(C)CCC#N)C2)c(F)cc2c(=O)n(N)c(=O)n(C3CC3)c12. The molecule has 0 bridgehead atoms. The Labute approximate surface area is 180 Å². The van der Waals surface area contributed by atoms with Gasteiger partial charge in [0.2, 0.25) is 0 Å². The van der Waals surface area contributed by atoms with E-state index in [1.165, 1.54) is 6.07 Å². The molecule has 2 heterocycles. The van der Waals surface area contributed by atoms with Gasteiger partial charge >= 0.3 is 5.69 Å². The van der Waals surface area contributed by atoms with E-state index in [4.69, 9.17) is 11.1 Å². The van der Waals surface area contributed by atoms with Crippen LogP contribution < -0.4 is 22.0 Å². The van der Waals surface area contributed by atoms with E-state index in [1.54, 1.807) is 11.5 Å². The maximum absolute atomic E-state index is 15.3. The molecule has 166 valence electrons. The number of nitriles is 1. The Hall–Kier alpha value is -2.86. The molecule has 8 nitrogen and oxygen atoms in total. The largest absolute Gasteiger partial charge is 0.368 e. The molecule has 1 aliphatic heterocycles. The highest BCUT2D eigenvalue weighted by Crippen LogP contribution is 2.41. The zero-order chi connectivity index (χ0) is 22.5. The fraction of sp³-hybridized carbons (Fsp3) is 0.591. The summed E-state index contributed by atoms with van der Waals surface area (Å²) in [5.74, 6) is 5.24. The Morgan fingerprint density at radius 1 is 1.39 bits per heavy atom. The van der Waals surface area contributed by atoms with Crippen molar-refractivity contribution in [2.24, 2.45) is 5.41 Å². The van der Waals surface area contributed by atoms with Crippen LogP contribution in [0.5, 0.6) is 0 Å². The number of fused-ring (bicyclic) bond motifs is 1. The summed E-state index contributed by atoms with van der Waals surface area (Å²) in [4.78, 5) is 29.5. The van der Waals surface area contributed by atoms with Crippen molar-refractivity contribution in [3.05, 3.63) is 38.3 Å². The maximum Gasteiger partial charge on any atom is 0.350 e. The van der Waals surface area contributed by atoms with E-state index in [1.807, 2.05) is 11.9 Å². The van der Waals surface area contributed by atoms with E-state index in [0.29, 0.717) is 47.5 Å². The summed E-state index contributed by atoms with van der Waals surface area (Å²) in [6, 6.07) is 3.40. The lowest BCUT2D eigenvalue weighted by Gasteiger charge is -2.31. The average Bonchev–Trinajstić information content (AvgIpc) is 3.48. The molecule has 1 saturated heterocycles. The zero-order valence-corrected chi connectivity index (χ0v) is 18.3. The lowest BCUT2D eigenvalue weighted by molar-refractivity contribution is 0.214. The number of nitrogens with two attached hydrogens (primary N) is 1. The highest BCUT2D eigenvalue weighted by Gasteiger charge is 2.37. The molecule has 31 heavy (non-hydrogen) atoms. The average molecular weight is 429 g/mol. The molecule has 4 rings (SSSR count). The van der Waals surface area contributed by atoms with E-state index in [2.05, 4.69) is 17.9 Å². The summed E-state index contributed by atoms with van der Waals surface area (Å²) in [6.07, 6.45) is 3.05. The van der Waals surface area contributed by atoms with Crippen LogP contribution >= 0.6 is 0 Å². The number of benzene rings is 1. The second kappa shape index (κ2) is 7.68. The van der Waals surface area contributed by atoms with Gasteiger partial charge in [0.1, 0.15) is 5.82 Å². The van der Waals surface area contributed by atoms with Crippen LogP contribution in [0.25, 0.3) is 10.9 Å². The van der Waals surface area contributed by atoms with Crippen LogP contribution in [0.4, 0.5) is 10.1 Å². The highest BCUT2D eigenvalue weighted by atomic mass is 19.1. The predicted octanol–water partition coefficient (Wildman–Crippen LogP) is 1.72. The molecule has 1 aromatic carbocycles. The molecule has 2 aliphatic rings. The van der Waals surface area contributed by atoms with E-state index in [0.717, 1.165) is 25.8 Å². The Morgan fingerprint density at radius 3 is 2.74 bits per heavy atom. The molecule has 2 N–H and O–H groups in total. The fourth-order valence-corrected chi connectivity index (χ4v) is 5.03. The van der Waals surface area contributed by atoms with Crippen LogP contribution in [-0.4, -0.2) is 47.4 Å². The number of halogens is 1. The van der Waals surface area contributed by atoms with Crippen LogP contribution in [0.2, 0.25) is 0 Å². The number of aromatic nitrogens is 2. The number of anilines is 1. The van der Waals surface area contributed by atoms with Crippen molar-refractivity contribution in [3.8, 4) is 6.07 Å². The standard InChI is InChI=1S/C22H29FN6O2/c1-14-18-16(20(30)29(25)21(31)28(18)15-5-6-15)11-17(23)19(14)27-10-7-22(2,13-27)12-26(3)9-4-8-24/h11,15H,4-7,9-10,12-13,25H2,1-3H3. The first-order valence-corrected chi connectivity index (χ1v) is 10.7. The first kappa shape index (κ1) is 21.4. The third-order valence-electron chi connectivity index (χ3n) is 6.61. The number of hydrogen-bond acceptors (Lipinski definition) is 6. The molecule has 0 spiro atoms. The first-order valence-electron chi connectivity index (χ1n) is 10.7. The van der Waals surface area contributed by atoms with Gasteiger partial charge in [0, 0.05) is 44.2 Å². The third-order valence-corrected chi connectivity index (χ3v) is 6.61. The van der Waals surface area contributed by atoms with Crippen LogP contribution in [0.1, 0.15) is 44.2 Å². The van der Waals surface area contributed by atoms with Gasteiger partial charge in [-0.15, -0.1) is 0 Å². The molecule has 0 radical (unpaired) electrons. The normalized spacial score (nSPS) is 21.2. The minimum absolute atomic E-state index is 0.0000361. The molecule has 9 heteroatoms. The third kappa shape index (κ3) is 3.69. The van der Waals surface area contributed by atoms with Crippen molar-refractivity contribution >= 4 is 16.6 Å². The first-order chi connectivity index (χ1) is 14.7. The summed E-state index contributed by atoms with van der Waals surface area (Å²) in [6.45, 7) is 6.83. The van der Waals surface area contributed by atoms with Crippen molar-refractivity contribution in [3.63, 3.8) is 0 Å². The van der Waals surface area contributed by atoms with Crippen LogP contribution in [-0.2, 0) is 0 Å². The van der Waals surface area contributed by atoms with E-state index in [9.17, 15) is 9.59 Å². The Bertz CT molecular complexity index is 1190. The Morgan fingerprint density at radius 2 is 2.10 bits per heavy atom. The zero-order valence-electron chi connectivity index (χ0n) is 18.3. The van der Waals surface area contributed by atoms with Gasteiger partial charge in [-0.2, -0.15) is 9.94 Å². The van der Waals surface area contributed by atoms with E-state index < -0.39 is 17.1 Å². The molecule has 1 atom stereocenters. The van der Waals surface area contributed by atoms with Gasteiger partial charge in [0.25, 0.3) is 5.56 Å². The van der Waals surface area contributed by atoms with Crippen molar-refractivity contribution in [2.75, 3.05) is 44.0 Å². The predicted molar refractivity (Wildman–Crippen MR) is 118 cm³/mol. The maximum atomic E-state index is 15.3. The van der Waals surface area contributed by atoms with Gasteiger partial charge in [-0.05, 0) is 44.7 Å². The van der Waals surface area contributed by atoms with Gasteiger partial charge in [-0.25, -0.2) is 9.18 Å². The number of nitrogen functional groups attached to an aromatic ring is 1. The lowest BCUT2D eigenvalue weighted by atomic mass is 9.89. The van der Waals surface area contributed by atoms with E-state index >= 15 is 4.39 Å². The molecule has 0 amide bonds. The molecule has 1 aliphatic carbocycles. The highest BCUT2D eigenvalue weighted by molar-refractivity contribution is 5.87. The van der Waals surface area contributed by atoms with Gasteiger partial charge in [0.05, 0.1) is 22.7 Å². The van der Waals surface area contributed by atoms with Crippen molar-refractivity contribution in [1.29, 1.82) is 5.26 Å². The van der Waals surface area contributed by atoms with E-state index in [-0.39, 0.29) is 16.8 Å². The van der Waals surface area contributed by atoms with Gasteiger partial charge in [-0.3, -0.25) is 9.36 Å². The summed E-state index contributed by atoms with van der Waals surface area (Å²) in [7, 11) is 2.00. The smallest absolute Gasteiger partial charge is 0.350 e. The van der Waals surface area contributed by atoms with Crippen LogP contribution in [0.3, 0.4) is 0 Å². The fourth-order valence-electron chi connectivity index (χ4n) is 5.03. The molecule has 1 unspecified atom stereocenters. The number of hydrogen-bond donors (Lipinski definition) is 1. The topological polar surface area (TPSA) is 100 Å². The summed E-state index contributed by atoms with van der Waals surface area (Å²) < 4.78 is 17.5. The van der Waals surface area contributed by atoms with Crippen LogP contribution in [0.15, 0.2) is 15.7 Å². The monoisotopic (exact) mass is 428 g/mol. The molecule has 2 aromatic rings. The summed E-state index contributed by atoms with van der Waals surface area (Å²) in [5, 5.41) is 8.96. The van der Waals surface area contributed by atoms with Crippen molar-refractivity contribution < 1.29 is 4.39 Å². The van der Waals surface area contributed by atoms with Crippen molar-refractivity contribution in [2.45, 2.75) is 45.6 Å². The molecular weight excluding hydrogens is 399 g/mol. The molecule has 1 aromatic heterocycles. The molecular formula is C22H29FN6O2. The van der Waals surface area contributed by atoms with Gasteiger partial charge in [-0.1, -0.05) is 6.92 Å². The van der Waals surface area contributed by atoms with Gasteiger partial charge < -0.3 is 15.6 Å². The number of aryl methyl sites for hydroxylation is 1. The Kier molecular flexibility index (Phi) is 5.30. The Balaban J connectivity index is 1.75. The number of nitrogens with zero attached hydrogens (tertiary/aromatic N) is 5. The minimum Gasteiger partial charge on any atom is -0.368 e. The second-order valence-corrected chi connectivity index (χ2v) is 9.42. The second-order valence-electron chi connectivity index (χ2n) is 9.42. The molecule has 2 fully saturated rings. The van der Waals surface area contributed by atoms with Crippen LogP contribution in [0, 0.1) is 29.5 Å². The number of rotatable bonds is 6. The van der Waals surface area contributed by atoms with Gasteiger partial charge in [0.15, 0.2) is 0 Å². The quantitative estimate of drug-likeness (QED) is 0.704. The summed E-state index contributed by atoms with van der Waals surface area (Å²) >= 11 is 0. The lowest BCUT2D eigenvalue weighted by Crippen LogP contribution is -2.44. The van der Waals surface area contributed by atoms with Crippen molar-refractivity contribution in [1.82, 2.24) is 14.1 Å². The minimum atomic E-state index is -0.671.